The number of hydrogen-bond acceptors (Lipinski definition) is 1. The molecule has 18 heavy (non-hydrogen) atoms. The average Bonchev–Trinajstić information content (AvgIpc) is 2.20. The molecule has 0 bridgehead atoms. The second-order valence-corrected chi connectivity index (χ2v) is 4.70. The van der Waals surface area contributed by atoms with Crippen LogP contribution in [0.3, 0.4) is 0 Å². The van der Waals surface area contributed by atoms with Gasteiger partial charge >= 0.3 is 6.18 Å². The van der Waals surface area contributed by atoms with E-state index in [1.54, 1.807) is 6.07 Å². The number of benzene rings is 1. The average molecular weight is 284 g/mol. The fourth-order valence-electron chi connectivity index (χ4n) is 1.60. The molecule has 0 amide bonds. The zero-order valence-corrected chi connectivity index (χ0v) is 10.6. The van der Waals surface area contributed by atoms with Crippen molar-refractivity contribution in [2.75, 3.05) is 13.1 Å². The highest BCUT2D eigenvalue weighted by Crippen LogP contribution is 2.20. The first kappa shape index (κ1) is 15.2. The van der Waals surface area contributed by atoms with E-state index < -0.39 is 18.5 Å². The predicted molar refractivity (Wildman–Crippen MR) is 63.2 cm³/mol. The van der Waals surface area contributed by atoms with E-state index in [0.717, 1.165) is 5.56 Å². The van der Waals surface area contributed by atoms with Crippen molar-refractivity contribution in [3.63, 3.8) is 0 Å². The Morgan fingerprint density at radius 1 is 1.33 bits per heavy atom. The molecular weight excluding hydrogens is 270 g/mol. The van der Waals surface area contributed by atoms with Crippen molar-refractivity contribution in [3.05, 3.63) is 34.6 Å². The van der Waals surface area contributed by atoms with Crippen LogP contribution in [0, 0.1) is 11.7 Å². The van der Waals surface area contributed by atoms with Crippen LogP contribution in [0.5, 0.6) is 0 Å². The molecule has 102 valence electrons. The van der Waals surface area contributed by atoms with Gasteiger partial charge in [0.2, 0.25) is 0 Å². The molecule has 0 aromatic heterocycles. The lowest BCUT2D eigenvalue weighted by Gasteiger charge is -2.14. The maximum atomic E-state index is 12.8. The van der Waals surface area contributed by atoms with E-state index in [0.29, 0.717) is 11.4 Å². The summed E-state index contributed by atoms with van der Waals surface area (Å²) >= 11 is 5.84. The largest absolute Gasteiger partial charge is 0.401 e. The lowest BCUT2D eigenvalue weighted by Crippen LogP contribution is -2.32. The summed E-state index contributed by atoms with van der Waals surface area (Å²) in [5.41, 5.74) is 0.736. The van der Waals surface area contributed by atoms with Crippen molar-refractivity contribution >= 4 is 11.6 Å². The molecule has 1 aromatic rings. The van der Waals surface area contributed by atoms with Crippen LogP contribution in [0.15, 0.2) is 18.2 Å². The Balaban J connectivity index is 2.42. The van der Waals surface area contributed by atoms with Crippen molar-refractivity contribution in [2.24, 2.45) is 5.92 Å². The van der Waals surface area contributed by atoms with Gasteiger partial charge in [-0.1, -0.05) is 24.6 Å². The van der Waals surface area contributed by atoms with Gasteiger partial charge in [0.05, 0.1) is 6.54 Å². The first-order valence-corrected chi connectivity index (χ1v) is 5.87. The van der Waals surface area contributed by atoms with Gasteiger partial charge in [0.15, 0.2) is 0 Å². The third-order valence-electron chi connectivity index (χ3n) is 2.40. The maximum absolute atomic E-state index is 12.8. The molecule has 0 aliphatic heterocycles. The summed E-state index contributed by atoms with van der Waals surface area (Å²) in [6, 6.07) is 4.04. The Kier molecular flexibility index (Phi) is 5.41. The number of halogens is 5. The van der Waals surface area contributed by atoms with E-state index in [-0.39, 0.29) is 12.5 Å². The minimum absolute atomic E-state index is 0.0182. The Bertz CT molecular complexity index is 392. The van der Waals surface area contributed by atoms with Crippen LogP contribution in [-0.2, 0) is 6.42 Å². The quantitative estimate of drug-likeness (QED) is 0.810. The Labute approximate surface area is 108 Å². The number of rotatable bonds is 5. The highest BCUT2D eigenvalue weighted by atomic mass is 35.5. The lowest BCUT2D eigenvalue weighted by molar-refractivity contribution is -0.125. The molecule has 1 nitrogen and oxygen atoms in total. The molecule has 1 rings (SSSR count). The standard InChI is InChI=1S/C12H14ClF4N/c1-8(6-18-7-12(15,16)17)4-9-2-3-10(14)5-11(9)13/h2-3,5,8,18H,4,6-7H2,1H3. The van der Waals surface area contributed by atoms with Gasteiger partial charge in [0.1, 0.15) is 5.82 Å². The second kappa shape index (κ2) is 6.38. The van der Waals surface area contributed by atoms with Gasteiger partial charge in [-0.25, -0.2) is 4.39 Å². The summed E-state index contributed by atoms with van der Waals surface area (Å²) in [6.45, 7) is 1.03. The SMILES string of the molecule is CC(CNCC(F)(F)F)Cc1ccc(F)cc1Cl. The van der Waals surface area contributed by atoms with Gasteiger partial charge in [-0.15, -0.1) is 0 Å². The normalized spacial score (nSPS) is 13.7. The van der Waals surface area contributed by atoms with Gasteiger partial charge in [0, 0.05) is 5.02 Å². The zero-order valence-electron chi connectivity index (χ0n) is 9.82. The van der Waals surface area contributed by atoms with Gasteiger partial charge in [-0.3, -0.25) is 0 Å². The summed E-state index contributed by atoms with van der Waals surface area (Å²) in [5, 5.41) is 2.64. The fraction of sp³-hybridized carbons (Fsp3) is 0.500. The highest BCUT2D eigenvalue weighted by molar-refractivity contribution is 6.31. The third-order valence-corrected chi connectivity index (χ3v) is 2.75. The first-order chi connectivity index (χ1) is 8.28. The minimum Gasteiger partial charge on any atom is -0.308 e. The maximum Gasteiger partial charge on any atom is 0.401 e. The van der Waals surface area contributed by atoms with Gasteiger partial charge in [-0.2, -0.15) is 13.2 Å². The number of hydrogen-bond donors (Lipinski definition) is 1. The zero-order chi connectivity index (χ0) is 13.8. The van der Waals surface area contributed by atoms with E-state index in [9.17, 15) is 17.6 Å². The summed E-state index contributed by atoms with van der Waals surface area (Å²) in [5.74, 6) is -0.443. The molecular formula is C12H14ClF4N. The molecule has 0 fully saturated rings. The highest BCUT2D eigenvalue weighted by Gasteiger charge is 2.26. The summed E-state index contributed by atoms with van der Waals surface area (Å²) in [6.07, 6.45) is -3.70. The number of alkyl halides is 3. The smallest absolute Gasteiger partial charge is 0.308 e. The van der Waals surface area contributed by atoms with Crippen LogP contribution >= 0.6 is 11.6 Å². The molecule has 1 aromatic carbocycles. The van der Waals surface area contributed by atoms with Crippen molar-refractivity contribution in [1.29, 1.82) is 0 Å². The minimum atomic E-state index is -4.20. The third kappa shape index (κ3) is 5.69. The predicted octanol–water partition coefficient (Wildman–Crippen LogP) is 3.81. The Hall–Kier alpha value is -0.810. The second-order valence-electron chi connectivity index (χ2n) is 4.29. The van der Waals surface area contributed by atoms with Gasteiger partial charge < -0.3 is 5.32 Å². The molecule has 1 N–H and O–H groups in total. The fourth-order valence-corrected chi connectivity index (χ4v) is 1.84. The summed E-state index contributed by atoms with van der Waals surface area (Å²) < 4.78 is 48.5. The Morgan fingerprint density at radius 3 is 2.56 bits per heavy atom. The molecule has 0 aliphatic rings. The first-order valence-electron chi connectivity index (χ1n) is 5.49. The molecule has 0 heterocycles. The van der Waals surface area contributed by atoms with E-state index in [1.807, 2.05) is 6.92 Å². The molecule has 0 saturated heterocycles. The van der Waals surface area contributed by atoms with E-state index in [2.05, 4.69) is 5.32 Å². The van der Waals surface area contributed by atoms with Gasteiger partial charge in [-0.05, 0) is 36.6 Å². The topological polar surface area (TPSA) is 12.0 Å². The molecule has 0 saturated carbocycles. The van der Waals surface area contributed by atoms with Crippen LogP contribution in [0.2, 0.25) is 5.02 Å². The molecule has 1 unspecified atom stereocenters. The van der Waals surface area contributed by atoms with Crippen LogP contribution in [0.25, 0.3) is 0 Å². The molecule has 0 radical (unpaired) electrons. The van der Waals surface area contributed by atoms with Gasteiger partial charge in [0.25, 0.3) is 0 Å². The van der Waals surface area contributed by atoms with Crippen molar-refractivity contribution in [3.8, 4) is 0 Å². The summed E-state index contributed by atoms with van der Waals surface area (Å²) in [4.78, 5) is 0. The molecule has 0 spiro atoms. The number of nitrogens with one attached hydrogen (secondary N) is 1. The van der Waals surface area contributed by atoms with E-state index in [1.165, 1.54) is 12.1 Å². The molecule has 1 atom stereocenters. The monoisotopic (exact) mass is 283 g/mol. The molecule has 0 aliphatic carbocycles. The molecule has 6 heteroatoms. The van der Waals surface area contributed by atoms with E-state index in [4.69, 9.17) is 11.6 Å². The van der Waals surface area contributed by atoms with Crippen LogP contribution < -0.4 is 5.32 Å². The van der Waals surface area contributed by atoms with Crippen LogP contribution in [0.1, 0.15) is 12.5 Å². The van der Waals surface area contributed by atoms with Crippen LogP contribution in [0.4, 0.5) is 17.6 Å². The van der Waals surface area contributed by atoms with E-state index >= 15 is 0 Å². The Morgan fingerprint density at radius 2 is 2.00 bits per heavy atom. The van der Waals surface area contributed by atoms with Crippen molar-refractivity contribution in [2.45, 2.75) is 19.5 Å². The summed E-state index contributed by atoms with van der Waals surface area (Å²) in [7, 11) is 0. The lowest BCUT2D eigenvalue weighted by atomic mass is 10.0. The van der Waals surface area contributed by atoms with Crippen molar-refractivity contribution in [1.82, 2.24) is 5.32 Å². The van der Waals surface area contributed by atoms with Crippen LogP contribution in [-0.4, -0.2) is 19.3 Å². The van der Waals surface area contributed by atoms with Crippen molar-refractivity contribution < 1.29 is 17.6 Å².